The minimum Gasteiger partial charge on any atom is -0.377 e. The van der Waals surface area contributed by atoms with Crippen LogP contribution in [0.25, 0.3) is 0 Å². The zero-order chi connectivity index (χ0) is 19.7. The van der Waals surface area contributed by atoms with Crippen molar-refractivity contribution >= 4 is 20.0 Å². The van der Waals surface area contributed by atoms with Gasteiger partial charge in [-0.05, 0) is 31.4 Å². The number of hydrogen-bond acceptors (Lipinski definition) is 6. The molecule has 1 N–H and O–H groups in total. The van der Waals surface area contributed by atoms with Gasteiger partial charge in [0.05, 0.1) is 30.5 Å². The molecule has 1 aromatic rings. The Labute approximate surface area is 160 Å². The van der Waals surface area contributed by atoms with Crippen molar-refractivity contribution in [3.8, 4) is 0 Å². The maximum absolute atomic E-state index is 13.2. The Morgan fingerprint density at radius 1 is 1.26 bits per heavy atom. The van der Waals surface area contributed by atoms with Gasteiger partial charge in [0, 0.05) is 19.6 Å². The Hall–Kier alpha value is -1.04. The van der Waals surface area contributed by atoms with E-state index in [1.54, 1.807) is 31.2 Å². The van der Waals surface area contributed by atoms with Gasteiger partial charge in [-0.15, -0.1) is 0 Å². The van der Waals surface area contributed by atoms with Gasteiger partial charge in [0.25, 0.3) is 0 Å². The topological polar surface area (TPSA) is 102 Å². The molecular weight excluding hydrogens is 392 g/mol. The van der Waals surface area contributed by atoms with Crippen LogP contribution in [0.2, 0.25) is 0 Å². The van der Waals surface area contributed by atoms with Crippen molar-refractivity contribution in [2.75, 3.05) is 39.1 Å². The van der Waals surface area contributed by atoms with Crippen LogP contribution >= 0.6 is 0 Å². The molecule has 3 rings (SSSR count). The van der Waals surface area contributed by atoms with Crippen molar-refractivity contribution in [2.24, 2.45) is 0 Å². The molecule has 2 saturated heterocycles. The Bertz CT molecular complexity index is 886. The summed E-state index contributed by atoms with van der Waals surface area (Å²) in [7, 11) is -6.97. The third-order valence-electron chi connectivity index (χ3n) is 4.94. The molecule has 0 aliphatic carbocycles. The lowest BCUT2D eigenvalue weighted by Gasteiger charge is -2.31. The van der Waals surface area contributed by atoms with Crippen LogP contribution in [0.3, 0.4) is 0 Å². The highest BCUT2D eigenvalue weighted by Crippen LogP contribution is 2.34. The lowest BCUT2D eigenvalue weighted by molar-refractivity contribution is -0.0797. The fourth-order valence-corrected chi connectivity index (χ4v) is 5.78. The van der Waals surface area contributed by atoms with Gasteiger partial charge in [0.1, 0.15) is 5.60 Å². The smallest absolute Gasteiger partial charge is 0.243 e. The predicted molar refractivity (Wildman–Crippen MR) is 100 cm³/mol. The summed E-state index contributed by atoms with van der Waals surface area (Å²) in [5, 5.41) is 0. The largest absolute Gasteiger partial charge is 0.377 e. The van der Waals surface area contributed by atoms with E-state index in [-0.39, 0.29) is 30.6 Å². The minimum absolute atomic E-state index is 0.172. The van der Waals surface area contributed by atoms with E-state index in [2.05, 4.69) is 4.72 Å². The SMILES string of the molecule is Cc1ccccc1S(=O)(=O)N1CCOC[C@@]2(CC[C@@H](CNS(C)(=O)=O)O2)C1. The number of benzene rings is 1. The number of sulfonamides is 2. The van der Waals surface area contributed by atoms with Gasteiger partial charge < -0.3 is 9.47 Å². The van der Waals surface area contributed by atoms with Crippen molar-refractivity contribution in [1.29, 1.82) is 0 Å². The highest BCUT2D eigenvalue weighted by Gasteiger charge is 2.45. The summed E-state index contributed by atoms with van der Waals surface area (Å²) in [5.41, 5.74) is -0.0601. The highest BCUT2D eigenvalue weighted by molar-refractivity contribution is 7.89. The number of nitrogens with one attached hydrogen (secondary N) is 1. The van der Waals surface area contributed by atoms with E-state index in [0.29, 0.717) is 31.6 Å². The van der Waals surface area contributed by atoms with E-state index < -0.39 is 25.6 Å². The first-order valence-electron chi connectivity index (χ1n) is 8.87. The lowest BCUT2D eigenvalue weighted by atomic mass is 10.0. The summed E-state index contributed by atoms with van der Waals surface area (Å²) in [6, 6.07) is 6.90. The maximum Gasteiger partial charge on any atom is 0.243 e. The highest BCUT2D eigenvalue weighted by atomic mass is 32.2. The Kier molecular flexibility index (Phi) is 5.95. The summed E-state index contributed by atoms with van der Waals surface area (Å²) >= 11 is 0. The lowest BCUT2D eigenvalue weighted by Crippen LogP contribution is -2.47. The molecule has 0 bridgehead atoms. The van der Waals surface area contributed by atoms with Gasteiger partial charge in [-0.2, -0.15) is 4.31 Å². The van der Waals surface area contributed by atoms with Crippen molar-refractivity contribution in [3.63, 3.8) is 0 Å². The average Bonchev–Trinajstić information content (AvgIpc) is 2.85. The van der Waals surface area contributed by atoms with Crippen LogP contribution in [0.5, 0.6) is 0 Å². The van der Waals surface area contributed by atoms with Crippen LogP contribution in [0.4, 0.5) is 0 Å². The third kappa shape index (κ3) is 4.87. The van der Waals surface area contributed by atoms with E-state index in [1.807, 2.05) is 0 Å². The van der Waals surface area contributed by atoms with Crippen molar-refractivity contribution in [2.45, 2.75) is 36.4 Å². The Morgan fingerprint density at radius 3 is 2.70 bits per heavy atom. The molecule has 0 amide bonds. The molecule has 8 nitrogen and oxygen atoms in total. The maximum atomic E-state index is 13.2. The molecule has 2 fully saturated rings. The summed E-state index contributed by atoms with van der Waals surface area (Å²) in [4.78, 5) is 0.287. The average molecular weight is 419 g/mol. The van der Waals surface area contributed by atoms with Crippen LogP contribution < -0.4 is 4.72 Å². The fraction of sp³-hybridized carbons (Fsp3) is 0.647. The minimum atomic E-state index is -3.67. The molecule has 0 saturated carbocycles. The normalized spacial score (nSPS) is 27.7. The number of hydrogen-bond donors (Lipinski definition) is 1. The second kappa shape index (κ2) is 7.76. The first-order valence-corrected chi connectivity index (χ1v) is 12.2. The van der Waals surface area contributed by atoms with E-state index in [9.17, 15) is 16.8 Å². The van der Waals surface area contributed by atoms with Crippen LogP contribution in [0.1, 0.15) is 18.4 Å². The van der Waals surface area contributed by atoms with Crippen LogP contribution in [0, 0.1) is 6.92 Å². The Morgan fingerprint density at radius 2 is 2.00 bits per heavy atom. The molecule has 1 spiro atoms. The summed E-state index contributed by atoms with van der Waals surface area (Å²) in [5.74, 6) is 0. The molecule has 2 atom stereocenters. The molecule has 0 radical (unpaired) electrons. The van der Waals surface area contributed by atoms with E-state index in [4.69, 9.17) is 9.47 Å². The third-order valence-corrected chi connectivity index (χ3v) is 7.63. The number of ether oxygens (including phenoxy) is 2. The molecule has 2 aliphatic heterocycles. The second-order valence-electron chi connectivity index (χ2n) is 7.24. The molecule has 0 unspecified atom stereocenters. The first-order chi connectivity index (χ1) is 12.6. The van der Waals surface area contributed by atoms with Gasteiger partial charge in [-0.25, -0.2) is 21.6 Å². The molecule has 152 valence electrons. The van der Waals surface area contributed by atoms with E-state index in [1.165, 1.54) is 4.31 Å². The van der Waals surface area contributed by atoms with Gasteiger partial charge in [-0.3, -0.25) is 0 Å². The molecule has 2 aliphatic rings. The van der Waals surface area contributed by atoms with E-state index in [0.717, 1.165) is 6.26 Å². The summed E-state index contributed by atoms with van der Waals surface area (Å²) in [6.07, 6.45) is 2.06. The Balaban J connectivity index is 1.77. The molecular formula is C17H26N2O6S2. The predicted octanol–water partition coefficient (Wildman–Crippen LogP) is 0.483. The molecule has 27 heavy (non-hydrogen) atoms. The van der Waals surface area contributed by atoms with Crippen LogP contribution in [-0.4, -0.2) is 71.9 Å². The summed E-state index contributed by atoms with van der Waals surface area (Å²) in [6.45, 7) is 2.98. The van der Waals surface area contributed by atoms with Gasteiger partial charge in [0.15, 0.2) is 0 Å². The van der Waals surface area contributed by atoms with Crippen molar-refractivity contribution < 1.29 is 26.3 Å². The van der Waals surface area contributed by atoms with Crippen LogP contribution in [-0.2, 0) is 29.5 Å². The van der Waals surface area contributed by atoms with Crippen molar-refractivity contribution in [1.82, 2.24) is 9.03 Å². The molecule has 0 aromatic heterocycles. The molecule has 10 heteroatoms. The molecule has 1 aromatic carbocycles. The van der Waals surface area contributed by atoms with Gasteiger partial charge >= 0.3 is 0 Å². The summed E-state index contributed by atoms with van der Waals surface area (Å²) < 4.78 is 64.6. The van der Waals surface area contributed by atoms with Gasteiger partial charge in [-0.1, -0.05) is 18.2 Å². The monoisotopic (exact) mass is 418 g/mol. The number of nitrogens with zero attached hydrogens (tertiary/aromatic N) is 1. The van der Waals surface area contributed by atoms with Crippen LogP contribution in [0.15, 0.2) is 29.2 Å². The zero-order valence-electron chi connectivity index (χ0n) is 15.5. The number of aryl methyl sites for hydroxylation is 1. The van der Waals surface area contributed by atoms with Gasteiger partial charge in [0.2, 0.25) is 20.0 Å². The zero-order valence-corrected chi connectivity index (χ0v) is 17.2. The fourth-order valence-electron chi connectivity index (χ4n) is 3.57. The molecule has 2 heterocycles. The van der Waals surface area contributed by atoms with Crippen molar-refractivity contribution in [3.05, 3.63) is 29.8 Å². The second-order valence-corrected chi connectivity index (χ2v) is 11.0. The number of rotatable bonds is 5. The van der Waals surface area contributed by atoms with E-state index >= 15 is 0 Å². The quantitative estimate of drug-likeness (QED) is 0.746. The standard InChI is InChI=1S/C17H26N2O6S2/c1-14-5-3-4-6-16(14)27(22,23)19-9-10-24-13-17(12-19)8-7-15(25-17)11-18-26(2,20)21/h3-6,15,18H,7-13H2,1-2H3/t15-,17+/m0/s1. The first kappa shape index (κ1) is 20.7.